The van der Waals surface area contributed by atoms with E-state index in [4.69, 9.17) is 19.7 Å². The third kappa shape index (κ3) is 7.18. The van der Waals surface area contributed by atoms with Crippen LogP contribution in [-0.4, -0.2) is 48.6 Å². The van der Waals surface area contributed by atoms with E-state index in [0.29, 0.717) is 0 Å². The van der Waals surface area contributed by atoms with E-state index in [1.165, 1.54) is 5.56 Å². The van der Waals surface area contributed by atoms with Gasteiger partial charge in [0, 0.05) is 0 Å². The van der Waals surface area contributed by atoms with Crippen molar-refractivity contribution < 1.29 is 29.3 Å². The quantitative estimate of drug-likeness (QED) is 0.389. The Hall–Kier alpha value is -3.22. The Morgan fingerprint density at radius 1 is 0.812 bits per heavy atom. The van der Waals surface area contributed by atoms with E-state index in [0.717, 1.165) is 29.5 Å². The van der Waals surface area contributed by atoms with Gasteiger partial charge in [-0.3, -0.25) is 0 Å². The highest BCUT2D eigenvalue weighted by Gasteiger charge is 2.19. The van der Waals surface area contributed by atoms with E-state index in [9.17, 15) is 9.59 Å². The molecule has 0 atom stereocenters. The third-order valence-corrected chi connectivity index (χ3v) is 5.00. The van der Waals surface area contributed by atoms with Gasteiger partial charge in [0.15, 0.2) is 0 Å². The summed E-state index contributed by atoms with van der Waals surface area (Å²) in [6.07, 6.45) is 2.14. The van der Waals surface area contributed by atoms with Crippen molar-refractivity contribution in [3.8, 4) is 11.1 Å². The van der Waals surface area contributed by atoms with E-state index in [1.807, 2.05) is 24.3 Å². The molecule has 0 aliphatic rings. The number of aliphatic hydroxyl groups excluding tert-OH is 2. The zero-order valence-electron chi connectivity index (χ0n) is 18.4. The highest BCUT2D eigenvalue weighted by molar-refractivity contribution is 5.88. The first-order valence-electron chi connectivity index (χ1n) is 10.5. The van der Waals surface area contributed by atoms with Gasteiger partial charge in [-0.05, 0) is 28.7 Å². The van der Waals surface area contributed by atoms with Crippen molar-refractivity contribution in [3.05, 3.63) is 84.0 Å². The minimum Gasteiger partial charge on any atom is -0.461 e. The monoisotopic (exact) mass is 438 g/mol. The summed E-state index contributed by atoms with van der Waals surface area (Å²) < 4.78 is 10.4. The molecule has 0 fully saturated rings. The van der Waals surface area contributed by atoms with Crippen molar-refractivity contribution in [2.24, 2.45) is 0 Å². The lowest BCUT2D eigenvalue weighted by Crippen LogP contribution is -2.21. The number of ether oxygens (including phenoxy) is 2. The lowest BCUT2D eigenvalue weighted by molar-refractivity contribution is -0.142. The van der Waals surface area contributed by atoms with E-state index in [2.05, 4.69) is 44.3 Å². The minimum absolute atomic E-state index is 0.0590. The molecular formula is C26H30O6. The van der Waals surface area contributed by atoms with Gasteiger partial charge < -0.3 is 19.7 Å². The number of hydrogen-bond acceptors (Lipinski definition) is 6. The number of benzene rings is 2. The van der Waals surface area contributed by atoms with E-state index in [1.54, 1.807) is 0 Å². The normalized spacial score (nSPS) is 10.6. The number of carbonyl (C=O) groups is 2. The smallest absolute Gasteiger partial charge is 0.335 e. The van der Waals surface area contributed by atoms with Crippen LogP contribution in [-0.2, 0) is 25.5 Å². The van der Waals surface area contributed by atoms with Gasteiger partial charge in [-0.2, -0.15) is 0 Å². The summed E-state index contributed by atoms with van der Waals surface area (Å²) in [5, 5.41) is 18.1. The molecule has 6 heteroatoms. The molecule has 0 aliphatic heterocycles. The van der Waals surface area contributed by atoms with Crippen molar-refractivity contribution >= 4 is 11.9 Å². The maximum atomic E-state index is 11.9. The fraction of sp³-hybridized carbons (Fsp3) is 0.308. The number of esters is 2. The fourth-order valence-corrected chi connectivity index (χ4v) is 3.03. The zero-order valence-corrected chi connectivity index (χ0v) is 18.4. The van der Waals surface area contributed by atoms with Crippen LogP contribution < -0.4 is 0 Å². The van der Waals surface area contributed by atoms with Crippen molar-refractivity contribution in [1.82, 2.24) is 0 Å². The molecule has 0 bridgehead atoms. The Labute approximate surface area is 188 Å². The van der Waals surface area contributed by atoms with Crippen LogP contribution in [0, 0.1) is 0 Å². The first-order chi connectivity index (χ1) is 15.4. The predicted molar refractivity (Wildman–Crippen MR) is 123 cm³/mol. The van der Waals surface area contributed by atoms with E-state index in [-0.39, 0.29) is 24.4 Å². The Kier molecular flexibility index (Phi) is 9.85. The number of carbonyl (C=O) groups excluding carboxylic acids is 2. The van der Waals surface area contributed by atoms with Crippen molar-refractivity contribution in [2.45, 2.75) is 25.7 Å². The molecule has 0 heterocycles. The number of aryl methyl sites for hydroxylation is 1. The zero-order chi connectivity index (χ0) is 23.5. The van der Waals surface area contributed by atoms with Crippen LogP contribution in [0.1, 0.15) is 30.4 Å². The molecule has 0 radical (unpaired) electrons. The SMILES string of the molecule is C=C(CO)C(=O)OCC(COC(=O)C(=C)CO)c1ccc(-c2ccc(CCC)cc2)cc1. The molecule has 0 unspecified atom stereocenters. The van der Waals surface area contributed by atoms with Gasteiger partial charge >= 0.3 is 11.9 Å². The summed E-state index contributed by atoms with van der Waals surface area (Å²) in [6, 6.07) is 16.1. The molecule has 6 nitrogen and oxygen atoms in total. The number of rotatable bonds is 12. The molecule has 2 N–H and O–H groups in total. The number of aliphatic hydroxyl groups is 2. The lowest BCUT2D eigenvalue weighted by Gasteiger charge is -2.18. The van der Waals surface area contributed by atoms with Crippen molar-refractivity contribution in [1.29, 1.82) is 0 Å². The summed E-state index contributed by atoms with van der Waals surface area (Å²) in [7, 11) is 0. The van der Waals surface area contributed by atoms with Gasteiger partial charge in [0.05, 0.1) is 30.3 Å². The summed E-state index contributed by atoms with van der Waals surface area (Å²) in [6.45, 7) is 7.91. The summed E-state index contributed by atoms with van der Waals surface area (Å²) >= 11 is 0. The molecule has 170 valence electrons. The van der Waals surface area contributed by atoms with E-state index >= 15 is 0 Å². The second-order valence-corrected chi connectivity index (χ2v) is 7.49. The average Bonchev–Trinajstić information content (AvgIpc) is 2.83. The standard InChI is InChI=1S/C26H30O6/c1-4-5-20-6-8-21(9-7-20)22-10-12-23(13-11-22)24(16-31-25(29)18(2)14-27)17-32-26(30)19(3)15-28/h6-13,24,27-28H,2-5,14-17H2,1H3. The van der Waals surface area contributed by atoms with Gasteiger partial charge in [0.1, 0.15) is 13.2 Å². The molecule has 2 aromatic rings. The molecule has 0 aliphatic carbocycles. The number of hydrogen-bond donors (Lipinski definition) is 2. The van der Waals surface area contributed by atoms with Crippen LogP contribution in [0.15, 0.2) is 72.8 Å². The van der Waals surface area contributed by atoms with Gasteiger partial charge in [-0.1, -0.05) is 75.0 Å². The fourth-order valence-electron chi connectivity index (χ4n) is 3.03. The second-order valence-electron chi connectivity index (χ2n) is 7.49. The lowest BCUT2D eigenvalue weighted by atomic mass is 9.96. The minimum atomic E-state index is -0.715. The maximum Gasteiger partial charge on any atom is 0.335 e. The largest absolute Gasteiger partial charge is 0.461 e. The van der Waals surface area contributed by atoms with Gasteiger partial charge in [-0.25, -0.2) is 9.59 Å². The molecule has 2 rings (SSSR count). The van der Waals surface area contributed by atoms with Crippen LogP contribution in [0.3, 0.4) is 0 Å². The Morgan fingerprint density at radius 3 is 1.66 bits per heavy atom. The Bertz CT molecular complexity index is 896. The summed E-state index contributed by atoms with van der Waals surface area (Å²) in [5.74, 6) is -1.87. The molecular weight excluding hydrogens is 408 g/mol. The molecule has 32 heavy (non-hydrogen) atoms. The highest BCUT2D eigenvalue weighted by atomic mass is 16.5. The third-order valence-electron chi connectivity index (χ3n) is 5.00. The van der Waals surface area contributed by atoms with Crippen molar-refractivity contribution in [2.75, 3.05) is 26.4 Å². The van der Waals surface area contributed by atoms with E-state index < -0.39 is 31.1 Å². The predicted octanol–water partition coefficient (Wildman–Crippen LogP) is 3.57. The first kappa shape index (κ1) is 25.0. The second kappa shape index (κ2) is 12.6. The van der Waals surface area contributed by atoms with Crippen LogP contribution >= 0.6 is 0 Å². The molecule has 0 spiro atoms. The van der Waals surface area contributed by atoms with Crippen molar-refractivity contribution in [3.63, 3.8) is 0 Å². The van der Waals surface area contributed by atoms with Crippen LogP contribution in [0.25, 0.3) is 11.1 Å². The van der Waals surface area contributed by atoms with Gasteiger partial charge in [0.25, 0.3) is 0 Å². The first-order valence-corrected chi connectivity index (χ1v) is 10.5. The van der Waals surface area contributed by atoms with Crippen LogP contribution in [0.5, 0.6) is 0 Å². The summed E-state index contributed by atoms with van der Waals surface area (Å²) in [4.78, 5) is 23.8. The topological polar surface area (TPSA) is 93.1 Å². The summed E-state index contributed by atoms with van der Waals surface area (Å²) in [5.41, 5.74) is 4.11. The molecule has 0 aromatic heterocycles. The van der Waals surface area contributed by atoms with Crippen LogP contribution in [0.2, 0.25) is 0 Å². The molecule has 0 saturated carbocycles. The van der Waals surface area contributed by atoms with Crippen LogP contribution in [0.4, 0.5) is 0 Å². The van der Waals surface area contributed by atoms with Gasteiger partial charge in [-0.15, -0.1) is 0 Å². The Morgan fingerprint density at radius 2 is 1.25 bits per heavy atom. The molecule has 0 saturated heterocycles. The average molecular weight is 439 g/mol. The highest BCUT2D eigenvalue weighted by Crippen LogP contribution is 2.25. The molecule has 0 amide bonds. The molecule has 2 aromatic carbocycles. The van der Waals surface area contributed by atoms with Gasteiger partial charge in [0.2, 0.25) is 0 Å². The maximum absolute atomic E-state index is 11.9. The Balaban J connectivity index is 2.15.